The predicted molar refractivity (Wildman–Crippen MR) is 76.8 cm³/mol. The molecule has 6 heteroatoms. The second kappa shape index (κ2) is 6.70. The third-order valence-corrected chi connectivity index (χ3v) is 3.14. The molecule has 2 aromatic carbocycles. The number of benzene rings is 2. The Bertz CT molecular complexity index is 615. The van der Waals surface area contributed by atoms with E-state index in [4.69, 9.17) is 15.2 Å². The van der Waals surface area contributed by atoms with Crippen molar-refractivity contribution < 1.29 is 22.6 Å². The van der Waals surface area contributed by atoms with Crippen LogP contribution in [0.1, 0.15) is 17.2 Å². The van der Waals surface area contributed by atoms with Gasteiger partial charge in [-0.3, -0.25) is 0 Å². The average Bonchev–Trinajstić information content (AvgIpc) is 2.52. The summed E-state index contributed by atoms with van der Waals surface area (Å²) >= 11 is 0. The highest BCUT2D eigenvalue weighted by Crippen LogP contribution is 2.36. The van der Waals surface area contributed by atoms with Crippen LogP contribution in [0.4, 0.5) is 13.2 Å². The van der Waals surface area contributed by atoms with Crippen molar-refractivity contribution >= 4 is 0 Å². The molecule has 0 saturated heterocycles. The van der Waals surface area contributed by atoms with Crippen molar-refractivity contribution in [1.29, 1.82) is 0 Å². The first-order chi connectivity index (χ1) is 10.4. The lowest BCUT2D eigenvalue weighted by Crippen LogP contribution is -2.28. The van der Waals surface area contributed by atoms with Crippen LogP contribution < -0.4 is 15.2 Å². The molecule has 0 spiro atoms. The van der Waals surface area contributed by atoms with Gasteiger partial charge in [0.15, 0.2) is 11.5 Å². The molecular weight excluding hydrogens is 295 g/mol. The molecule has 0 aliphatic heterocycles. The molecule has 0 aromatic heterocycles. The van der Waals surface area contributed by atoms with Gasteiger partial charge in [0.05, 0.1) is 7.11 Å². The second-order valence-electron chi connectivity index (χ2n) is 4.70. The Kier molecular flexibility index (Phi) is 4.92. The van der Waals surface area contributed by atoms with E-state index in [9.17, 15) is 13.2 Å². The fraction of sp³-hybridized carbons (Fsp3) is 0.250. The summed E-state index contributed by atoms with van der Waals surface area (Å²) in [4.78, 5) is 0. The van der Waals surface area contributed by atoms with E-state index in [0.717, 1.165) is 5.56 Å². The molecule has 0 unspecified atom stereocenters. The fourth-order valence-corrected chi connectivity index (χ4v) is 1.92. The maximum atomic E-state index is 12.7. The van der Waals surface area contributed by atoms with E-state index in [1.165, 1.54) is 25.3 Å². The van der Waals surface area contributed by atoms with Crippen LogP contribution in [0.3, 0.4) is 0 Å². The molecule has 0 radical (unpaired) electrons. The van der Waals surface area contributed by atoms with Gasteiger partial charge in [-0.25, -0.2) is 0 Å². The monoisotopic (exact) mass is 311 g/mol. The van der Waals surface area contributed by atoms with Crippen molar-refractivity contribution in [2.24, 2.45) is 5.73 Å². The Morgan fingerprint density at radius 2 is 1.73 bits per heavy atom. The molecule has 3 nitrogen and oxygen atoms in total. The number of hydrogen-bond acceptors (Lipinski definition) is 3. The number of rotatable bonds is 5. The lowest BCUT2D eigenvalue weighted by molar-refractivity contribution is -0.149. The molecule has 2 N–H and O–H groups in total. The number of halogens is 3. The Morgan fingerprint density at radius 3 is 2.32 bits per heavy atom. The van der Waals surface area contributed by atoms with Gasteiger partial charge in [-0.1, -0.05) is 36.4 Å². The summed E-state index contributed by atoms with van der Waals surface area (Å²) in [6, 6.07) is 11.2. The average molecular weight is 311 g/mol. The Balaban J connectivity index is 2.21. The van der Waals surface area contributed by atoms with Crippen LogP contribution in [0.25, 0.3) is 0 Å². The Morgan fingerprint density at radius 1 is 1.05 bits per heavy atom. The number of methoxy groups -OCH3 is 1. The largest absolute Gasteiger partial charge is 0.493 e. The quantitative estimate of drug-likeness (QED) is 0.912. The van der Waals surface area contributed by atoms with Gasteiger partial charge in [0.1, 0.15) is 12.6 Å². The highest BCUT2D eigenvalue weighted by Gasteiger charge is 2.38. The fourth-order valence-electron chi connectivity index (χ4n) is 1.92. The molecule has 2 aromatic rings. The summed E-state index contributed by atoms with van der Waals surface area (Å²) in [5.74, 6) is 0.581. The van der Waals surface area contributed by atoms with Gasteiger partial charge >= 0.3 is 6.18 Å². The minimum absolute atomic E-state index is 0.0728. The molecule has 1 atom stereocenters. The standard InChI is InChI=1S/C16H16F3NO2/c1-21-13-8-7-12(15(20)16(17,18)19)9-14(13)22-10-11-5-3-2-4-6-11/h2-9,15H,10,20H2,1H3/t15-/m1/s1. The summed E-state index contributed by atoms with van der Waals surface area (Å²) in [6.07, 6.45) is -4.51. The summed E-state index contributed by atoms with van der Waals surface area (Å²) in [5, 5.41) is 0. The van der Waals surface area contributed by atoms with Gasteiger partial charge in [0.2, 0.25) is 0 Å². The van der Waals surface area contributed by atoms with Crippen molar-refractivity contribution in [3.05, 3.63) is 59.7 Å². The maximum absolute atomic E-state index is 12.7. The molecule has 0 aliphatic carbocycles. The number of nitrogens with two attached hydrogens (primary N) is 1. The van der Waals surface area contributed by atoms with E-state index in [0.29, 0.717) is 5.75 Å². The van der Waals surface area contributed by atoms with E-state index in [1.807, 2.05) is 30.3 Å². The molecule has 118 valence electrons. The first-order valence-electron chi connectivity index (χ1n) is 6.59. The molecule has 0 heterocycles. The second-order valence-corrected chi connectivity index (χ2v) is 4.70. The topological polar surface area (TPSA) is 44.5 Å². The molecule has 22 heavy (non-hydrogen) atoms. The molecule has 0 saturated carbocycles. The summed E-state index contributed by atoms with van der Waals surface area (Å²) in [7, 11) is 1.42. The third kappa shape index (κ3) is 3.92. The van der Waals surface area contributed by atoms with Gasteiger partial charge in [0.25, 0.3) is 0 Å². The van der Waals surface area contributed by atoms with E-state index in [-0.39, 0.29) is 17.9 Å². The minimum atomic E-state index is -4.51. The summed E-state index contributed by atoms with van der Waals surface area (Å²) in [5.41, 5.74) is 6.04. The zero-order chi connectivity index (χ0) is 16.2. The van der Waals surface area contributed by atoms with Crippen LogP contribution in [-0.4, -0.2) is 13.3 Å². The highest BCUT2D eigenvalue weighted by molar-refractivity contribution is 5.44. The zero-order valence-corrected chi connectivity index (χ0v) is 11.9. The minimum Gasteiger partial charge on any atom is -0.493 e. The number of ether oxygens (including phenoxy) is 2. The molecule has 0 amide bonds. The summed E-state index contributed by atoms with van der Waals surface area (Å²) < 4.78 is 48.8. The number of alkyl halides is 3. The van der Waals surface area contributed by atoms with Gasteiger partial charge in [-0.2, -0.15) is 13.2 Å². The molecule has 0 aliphatic rings. The van der Waals surface area contributed by atoms with Crippen molar-refractivity contribution in [3.8, 4) is 11.5 Å². The van der Waals surface area contributed by atoms with Crippen LogP contribution in [-0.2, 0) is 6.61 Å². The van der Waals surface area contributed by atoms with Crippen molar-refractivity contribution in [2.45, 2.75) is 18.8 Å². The highest BCUT2D eigenvalue weighted by atomic mass is 19.4. The van der Waals surface area contributed by atoms with E-state index >= 15 is 0 Å². The van der Waals surface area contributed by atoms with Crippen LogP contribution in [0.2, 0.25) is 0 Å². The van der Waals surface area contributed by atoms with Gasteiger partial charge in [0, 0.05) is 0 Å². The van der Waals surface area contributed by atoms with E-state index in [2.05, 4.69) is 0 Å². The molecular formula is C16H16F3NO2. The predicted octanol–water partition coefficient (Wildman–Crippen LogP) is 3.84. The maximum Gasteiger partial charge on any atom is 0.407 e. The van der Waals surface area contributed by atoms with Crippen LogP contribution >= 0.6 is 0 Å². The first kappa shape index (κ1) is 16.2. The van der Waals surface area contributed by atoms with E-state index < -0.39 is 12.2 Å². The third-order valence-electron chi connectivity index (χ3n) is 3.14. The van der Waals surface area contributed by atoms with Crippen molar-refractivity contribution in [1.82, 2.24) is 0 Å². The lowest BCUT2D eigenvalue weighted by atomic mass is 10.1. The van der Waals surface area contributed by atoms with Gasteiger partial charge in [-0.15, -0.1) is 0 Å². The molecule has 0 bridgehead atoms. The van der Waals surface area contributed by atoms with Crippen molar-refractivity contribution in [2.75, 3.05) is 7.11 Å². The van der Waals surface area contributed by atoms with E-state index in [1.54, 1.807) is 0 Å². The first-order valence-corrected chi connectivity index (χ1v) is 6.59. The smallest absolute Gasteiger partial charge is 0.407 e. The SMILES string of the molecule is COc1ccc([C@@H](N)C(F)(F)F)cc1OCc1ccccc1. The van der Waals surface area contributed by atoms with Crippen LogP contribution in [0.5, 0.6) is 11.5 Å². The normalized spacial score (nSPS) is 12.8. The Labute approximate surface area is 126 Å². The lowest BCUT2D eigenvalue weighted by Gasteiger charge is -2.18. The van der Waals surface area contributed by atoms with Gasteiger partial charge in [-0.05, 0) is 23.3 Å². The molecule has 2 rings (SSSR count). The summed E-state index contributed by atoms with van der Waals surface area (Å²) in [6.45, 7) is 0.224. The van der Waals surface area contributed by atoms with Crippen LogP contribution in [0.15, 0.2) is 48.5 Å². The number of hydrogen-bond donors (Lipinski definition) is 1. The zero-order valence-electron chi connectivity index (χ0n) is 11.9. The Hall–Kier alpha value is -2.21. The van der Waals surface area contributed by atoms with Gasteiger partial charge < -0.3 is 15.2 Å². The molecule has 0 fully saturated rings. The van der Waals surface area contributed by atoms with Crippen molar-refractivity contribution in [3.63, 3.8) is 0 Å². The van der Waals surface area contributed by atoms with Crippen LogP contribution in [0, 0.1) is 0 Å².